The number of nitrogens with one attached hydrogen (secondary N) is 1. The second kappa shape index (κ2) is 6.28. The first-order valence-corrected chi connectivity index (χ1v) is 7.71. The van der Waals surface area contributed by atoms with Crippen molar-refractivity contribution in [2.24, 2.45) is 0 Å². The number of halogens is 1. The second-order valence-corrected chi connectivity index (χ2v) is 7.97. The van der Waals surface area contributed by atoms with Gasteiger partial charge in [0.2, 0.25) is 0 Å². The molecule has 1 N–H and O–H groups in total. The maximum atomic E-state index is 12.0. The topological polar surface area (TPSA) is 44.3 Å². The Morgan fingerprint density at radius 3 is 2.50 bits per heavy atom. The molecule has 0 fully saturated rings. The van der Waals surface area contributed by atoms with E-state index in [0.717, 1.165) is 15.8 Å². The molecule has 3 nitrogen and oxygen atoms in total. The second-order valence-electron chi connectivity index (χ2n) is 5.11. The predicted octanol–water partition coefficient (Wildman–Crippen LogP) is 3.57. The summed E-state index contributed by atoms with van der Waals surface area (Å²) in [6.45, 7) is 7.84. The van der Waals surface area contributed by atoms with E-state index < -0.39 is 11.4 Å². The summed E-state index contributed by atoms with van der Waals surface area (Å²) in [5.41, 5.74) is 1.05. The monoisotopic (exact) mass is 333 g/mol. The van der Waals surface area contributed by atoms with E-state index in [1.165, 1.54) is 0 Å². The van der Waals surface area contributed by atoms with Gasteiger partial charge < -0.3 is 9.29 Å². The Balaban J connectivity index is 2.81. The van der Waals surface area contributed by atoms with Gasteiger partial charge in [-0.2, -0.15) is 0 Å². The van der Waals surface area contributed by atoms with Crippen molar-refractivity contribution >= 4 is 27.3 Å². The summed E-state index contributed by atoms with van der Waals surface area (Å²) < 4.78 is 21.0. The quantitative estimate of drug-likeness (QED) is 0.856. The molecule has 5 heteroatoms. The molecule has 1 unspecified atom stereocenters. The highest BCUT2D eigenvalue weighted by atomic mass is 79.9. The molecule has 0 saturated carbocycles. The lowest BCUT2D eigenvalue weighted by Gasteiger charge is -2.26. The van der Waals surface area contributed by atoms with Crippen LogP contribution in [0.15, 0.2) is 22.7 Å². The minimum Gasteiger partial charge on any atom is -0.598 e. The van der Waals surface area contributed by atoms with Gasteiger partial charge in [0.15, 0.2) is 0 Å². The van der Waals surface area contributed by atoms with Gasteiger partial charge in [-0.1, -0.05) is 6.07 Å². The first-order valence-electron chi connectivity index (χ1n) is 5.77. The molecule has 0 aliphatic rings. The van der Waals surface area contributed by atoms with Crippen LogP contribution in [0.5, 0.6) is 5.75 Å². The fourth-order valence-corrected chi connectivity index (χ4v) is 2.57. The molecule has 2 atom stereocenters. The lowest BCUT2D eigenvalue weighted by molar-refractivity contribution is 0.411. The fourth-order valence-electron chi connectivity index (χ4n) is 1.35. The maximum Gasteiger partial charge on any atom is 0.136 e. The van der Waals surface area contributed by atoms with Gasteiger partial charge in [0.25, 0.3) is 0 Å². The van der Waals surface area contributed by atoms with Crippen LogP contribution in [-0.4, -0.2) is 16.4 Å². The molecule has 1 aromatic rings. The van der Waals surface area contributed by atoms with Crippen LogP contribution in [0, 0.1) is 0 Å². The molecule has 0 radical (unpaired) electrons. The number of rotatable bonds is 4. The minimum atomic E-state index is -1.08. The SMILES string of the molecule is COc1cc([C@H](C)N[S+]([O-])C(C)(C)C)ccc1Br. The average Bonchev–Trinajstić information content (AvgIpc) is 2.28. The van der Waals surface area contributed by atoms with Crippen LogP contribution in [-0.2, 0) is 11.4 Å². The van der Waals surface area contributed by atoms with Crippen molar-refractivity contribution in [1.82, 2.24) is 4.72 Å². The number of methoxy groups -OCH3 is 1. The normalized spacial score (nSPS) is 15.3. The molecule has 18 heavy (non-hydrogen) atoms. The van der Waals surface area contributed by atoms with Crippen molar-refractivity contribution in [1.29, 1.82) is 0 Å². The Hall–Kier alpha value is -0.230. The molecule has 0 amide bonds. The smallest absolute Gasteiger partial charge is 0.136 e. The molecule has 0 aliphatic carbocycles. The summed E-state index contributed by atoms with van der Waals surface area (Å²) in [6.07, 6.45) is 0. The van der Waals surface area contributed by atoms with Crippen molar-refractivity contribution in [3.8, 4) is 5.75 Å². The molecule has 0 heterocycles. The van der Waals surface area contributed by atoms with Gasteiger partial charge in [-0.3, -0.25) is 0 Å². The number of hydrogen-bond donors (Lipinski definition) is 1. The van der Waals surface area contributed by atoms with Crippen LogP contribution >= 0.6 is 15.9 Å². The maximum absolute atomic E-state index is 12.0. The molecule has 1 rings (SSSR count). The van der Waals surface area contributed by atoms with E-state index >= 15 is 0 Å². The van der Waals surface area contributed by atoms with Crippen LogP contribution in [0.25, 0.3) is 0 Å². The molecule has 102 valence electrons. The molecular formula is C13H20BrNO2S. The highest BCUT2D eigenvalue weighted by Crippen LogP contribution is 2.29. The van der Waals surface area contributed by atoms with E-state index in [0.29, 0.717) is 0 Å². The van der Waals surface area contributed by atoms with Gasteiger partial charge in [-0.25, -0.2) is 0 Å². The number of benzene rings is 1. The summed E-state index contributed by atoms with van der Waals surface area (Å²) in [4.78, 5) is 0. The Labute approximate surface area is 121 Å². The van der Waals surface area contributed by atoms with E-state index in [-0.39, 0.29) is 10.8 Å². The summed E-state index contributed by atoms with van der Waals surface area (Å²) in [7, 11) is 1.63. The zero-order valence-electron chi connectivity index (χ0n) is 11.4. The molecule has 0 spiro atoms. The van der Waals surface area contributed by atoms with Gasteiger partial charge in [-0.15, -0.1) is 4.72 Å². The van der Waals surface area contributed by atoms with Crippen LogP contribution in [0.1, 0.15) is 39.3 Å². The first-order chi connectivity index (χ1) is 8.25. The van der Waals surface area contributed by atoms with E-state index in [1.54, 1.807) is 7.11 Å². The minimum absolute atomic E-state index is 0.00654. The first kappa shape index (κ1) is 15.8. The van der Waals surface area contributed by atoms with E-state index in [2.05, 4.69) is 20.7 Å². The summed E-state index contributed by atoms with van der Waals surface area (Å²) in [5, 5.41) is 0. The fraction of sp³-hybridized carbons (Fsp3) is 0.538. The third-order valence-corrected chi connectivity index (χ3v) is 4.85. The number of hydrogen-bond acceptors (Lipinski definition) is 3. The van der Waals surface area contributed by atoms with Gasteiger partial charge >= 0.3 is 0 Å². The average molecular weight is 334 g/mol. The molecule has 1 aromatic carbocycles. The lowest BCUT2D eigenvalue weighted by atomic mass is 10.1. The standard InChI is InChI=1S/C13H20BrNO2S/c1-9(15-18(16)13(2,3)4)10-6-7-11(14)12(8-10)17-5/h6-9,15H,1-5H3/t9-,18?/m0/s1. The summed E-state index contributed by atoms with van der Waals surface area (Å²) >= 11 is 2.33. The van der Waals surface area contributed by atoms with Crippen molar-refractivity contribution < 1.29 is 9.29 Å². The van der Waals surface area contributed by atoms with Crippen LogP contribution in [0.4, 0.5) is 0 Å². The van der Waals surface area contributed by atoms with E-state index in [4.69, 9.17) is 4.74 Å². The molecule has 0 bridgehead atoms. The molecule has 0 aliphatic heterocycles. The predicted molar refractivity (Wildman–Crippen MR) is 80.1 cm³/mol. The van der Waals surface area contributed by atoms with Crippen molar-refractivity contribution in [2.45, 2.75) is 38.5 Å². The molecule has 0 saturated heterocycles. The Morgan fingerprint density at radius 2 is 2.00 bits per heavy atom. The Bertz CT molecular complexity index is 406. The van der Waals surface area contributed by atoms with E-state index in [1.807, 2.05) is 45.9 Å². The van der Waals surface area contributed by atoms with Gasteiger partial charge in [0.05, 0.1) is 17.6 Å². The van der Waals surface area contributed by atoms with Crippen LogP contribution < -0.4 is 9.46 Å². The highest BCUT2D eigenvalue weighted by Gasteiger charge is 2.28. The summed E-state index contributed by atoms with van der Waals surface area (Å²) in [5.74, 6) is 0.780. The van der Waals surface area contributed by atoms with Crippen molar-refractivity contribution in [3.05, 3.63) is 28.2 Å². The third kappa shape index (κ3) is 4.16. The molecular weight excluding hydrogens is 314 g/mol. The van der Waals surface area contributed by atoms with Crippen molar-refractivity contribution in [3.63, 3.8) is 0 Å². The van der Waals surface area contributed by atoms with Gasteiger partial charge in [0, 0.05) is 11.4 Å². The van der Waals surface area contributed by atoms with Gasteiger partial charge in [-0.05, 0) is 61.3 Å². The van der Waals surface area contributed by atoms with Crippen LogP contribution in [0.3, 0.4) is 0 Å². The lowest BCUT2D eigenvalue weighted by Crippen LogP contribution is -2.40. The molecule has 0 aromatic heterocycles. The zero-order chi connectivity index (χ0) is 13.9. The Morgan fingerprint density at radius 1 is 1.39 bits per heavy atom. The zero-order valence-corrected chi connectivity index (χ0v) is 13.8. The highest BCUT2D eigenvalue weighted by molar-refractivity contribution is 9.10. The summed E-state index contributed by atoms with van der Waals surface area (Å²) in [6, 6.07) is 5.88. The largest absolute Gasteiger partial charge is 0.598 e. The van der Waals surface area contributed by atoms with Gasteiger partial charge in [0.1, 0.15) is 10.5 Å². The van der Waals surface area contributed by atoms with Crippen LogP contribution in [0.2, 0.25) is 0 Å². The third-order valence-electron chi connectivity index (χ3n) is 2.52. The Kier molecular flexibility index (Phi) is 5.52. The van der Waals surface area contributed by atoms with Crippen molar-refractivity contribution in [2.75, 3.05) is 7.11 Å². The number of ether oxygens (including phenoxy) is 1. The van der Waals surface area contributed by atoms with E-state index in [9.17, 15) is 4.55 Å².